The second-order valence-corrected chi connectivity index (χ2v) is 10.3. The number of carbonyl (C=O) groups excluding carboxylic acids is 1. The average Bonchev–Trinajstić information content (AvgIpc) is 3.06. The summed E-state index contributed by atoms with van der Waals surface area (Å²) in [6.07, 6.45) is 1.25. The molecule has 1 amide bonds. The van der Waals surface area contributed by atoms with Gasteiger partial charge in [0.1, 0.15) is 16.1 Å². The molecule has 1 fully saturated rings. The number of likely N-dealkylation sites (N-methyl/N-ethyl adjacent to an activating group) is 1. The van der Waals surface area contributed by atoms with Gasteiger partial charge in [0.2, 0.25) is 0 Å². The highest BCUT2D eigenvalue weighted by molar-refractivity contribution is 7.91. The first-order valence-electron chi connectivity index (χ1n) is 10.6. The van der Waals surface area contributed by atoms with E-state index in [1.54, 1.807) is 28.6 Å². The highest BCUT2D eigenvalue weighted by Crippen LogP contribution is 2.26. The number of amides is 1. The van der Waals surface area contributed by atoms with Gasteiger partial charge in [0.05, 0.1) is 16.8 Å². The number of sulfone groups is 1. The van der Waals surface area contributed by atoms with E-state index in [1.165, 1.54) is 10.5 Å². The van der Waals surface area contributed by atoms with Crippen LogP contribution in [0, 0.1) is 0 Å². The SMILES string of the molecule is CCCCS(=O)(=O)c1cc(C(=O)N2CCN(C)CC2)c(=O)n2c3ccccc3n(C)c12. The Morgan fingerprint density at radius 2 is 1.68 bits per heavy atom. The van der Waals surface area contributed by atoms with Gasteiger partial charge in [-0.25, -0.2) is 8.42 Å². The van der Waals surface area contributed by atoms with Crippen LogP contribution in [0.4, 0.5) is 0 Å². The summed E-state index contributed by atoms with van der Waals surface area (Å²) in [6.45, 7) is 4.37. The number of hydrogen-bond donors (Lipinski definition) is 0. The number of carbonyl (C=O) groups is 1. The van der Waals surface area contributed by atoms with Crippen molar-refractivity contribution >= 4 is 32.4 Å². The van der Waals surface area contributed by atoms with Crippen molar-refractivity contribution in [1.29, 1.82) is 0 Å². The van der Waals surface area contributed by atoms with Crippen molar-refractivity contribution in [2.45, 2.75) is 24.7 Å². The third-order valence-electron chi connectivity index (χ3n) is 6.07. The molecule has 4 rings (SSSR count). The van der Waals surface area contributed by atoms with Gasteiger partial charge in [0, 0.05) is 33.2 Å². The minimum Gasteiger partial charge on any atom is -0.336 e. The van der Waals surface area contributed by atoms with Gasteiger partial charge in [0.25, 0.3) is 11.5 Å². The van der Waals surface area contributed by atoms with E-state index in [9.17, 15) is 18.0 Å². The molecule has 9 heteroatoms. The van der Waals surface area contributed by atoms with Gasteiger partial charge in [-0.2, -0.15) is 0 Å². The summed E-state index contributed by atoms with van der Waals surface area (Å²) < 4.78 is 29.7. The summed E-state index contributed by atoms with van der Waals surface area (Å²) >= 11 is 0. The largest absolute Gasteiger partial charge is 0.336 e. The van der Waals surface area contributed by atoms with Gasteiger partial charge >= 0.3 is 0 Å². The monoisotopic (exact) mass is 444 g/mol. The van der Waals surface area contributed by atoms with E-state index in [0.29, 0.717) is 43.8 Å². The topological polar surface area (TPSA) is 84.1 Å². The molecule has 3 heterocycles. The number of piperazine rings is 1. The van der Waals surface area contributed by atoms with Gasteiger partial charge in [0.15, 0.2) is 9.84 Å². The molecule has 31 heavy (non-hydrogen) atoms. The third-order valence-corrected chi connectivity index (χ3v) is 7.86. The Kier molecular flexibility index (Phi) is 5.65. The number of pyridine rings is 1. The van der Waals surface area contributed by atoms with Gasteiger partial charge in [-0.3, -0.25) is 14.0 Å². The molecular weight excluding hydrogens is 416 g/mol. The molecule has 1 aliphatic heterocycles. The van der Waals surface area contributed by atoms with E-state index in [1.807, 2.05) is 26.1 Å². The van der Waals surface area contributed by atoms with E-state index in [-0.39, 0.29) is 16.2 Å². The highest BCUT2D eigenvalue weighted by Gasteiger charge is 2.29. The fourth-order valence-corrected chi connectivity index (χ4v) is 5.87. The molecule has 0 atom stereocenters. The van der Waals surface area contributed by atoms with E-state index in [4.69, 9.17) is 0 Å². The number of imidazole rings is 1. The summed E-state index contributed by atoms with van der Waals surface area (Å²) in [6, 6.07) is 8.56. The maximum Gasteiger partial charge on any atom is 0.269 e. The van der Waals surface area contributed by atoms with E-state index >= 15 is 0 Å². The summed E-state index contributed by atoms with van der Waals surface area (Å²) in [5.41, 5.74) is 1.05. The minimum atomic E-state index is -3.69. The summed E-state index contributed by atoms with van der Waals surface area (Å²) in [5, 5.41) is 0. The van der Waals surface area contributed by atoms with Crippen LogP contribution in [0.1, 0.15) is 30.1 Å². The van der Waals surface area contributed by atoms with Gasteiger partial charge in [-0.15, -0.1) is 0 Å². The highest BCUT2D eigenvalue weighted by atomic mass is 32.2. The number of aromatic nitrogens is 2. The smallest absolute Gasteiger partial charge is 0.269 e. The lowest BCUT2D eigenvalue weighted by molar-refractivity contribution is 0.0662. The number of benzene rings is 1. The molecule has 3 aromatic rings. The van der Waals surface area contributed by atoms with E-state index in [2.05, 4.69) is 4.90 Å². The molecular formula is C22H28N4O4S. The van der Waals surface area contributed by atoms with Crippen molar-refractivity contribution in [3.63, 3.8) is 0 Å². The fraction of sp³-hybridized carbons (Fsp3) is 0.455. The number of para-hydroxylation sites is 2. The van der Waals surface area contributed by atoms with Crippen LogP contribution in [0.3, 0.4) is 0 Å². The summed E-state index contributed by atoms with van der Waals surface area (Å²) in [4.78, 5) is 30.6. The summed E-state index contributed by atoms with van der Waals surface area (Å²) in [5.74, 6) is -0.437. The molecule has 0 spiro atoms. The molecule has 0 bridgehead atoms. The predicted octanol–water partition coefficient (Wildman–Crippen LogP) is 1.75. The Bertz CT molecular complexity index is 1310. The third kappa shape index (κ3) is 3.65. The zero-order valence-electron chi connectivity index (χ0n) is 18.2. The van der Waals surface area contributed by atoms with Gasteiger partial charge in [-0.05, 0) is 31.7 Å². The van der Waals surface area contributed by atoms with E-state index < -0.39 is 21.3 Å². The average molecular weight is 445 g/mol. The molecule has 0 aliphatic carbocycles. The first-order valence-corrected chi connectivity index (χ1v) is 12.2. The Labute approximate surface area is 181 Å². The molecule has 0 unspecified atom stereocenters. The molecule has 2 aromatic heterocycles. The minimum absolute atomic E-state index is 0.0268. The Hall–Kier alpha value is -2.65. The van der Waals surface area contributed by atoms with Crippen molar-refractivity contribution in [1.82, 2.24) is 18.8 Å². The van der Waals surface area contributed by atoms with Crippen LogP contribution in [0.15, 0.2) is 40.0 Å². The second kappa shape index (κ2) is 8.12. The van der Waals surface area contributed by atoms with Crippen LogP contribution >= 0.6 is 0 Å². The van der Waals surface area contributed by atoms with Crippen LogP contribution < -0.4 is 5.56 Å². The van der Waals surface area contributed by atoms with Crippen LogP contribution in [0.2, 0.25) is 0 Å². The number of rotatable bonds is 5. The maximum atomic E-state index is 13.5. The normalized spacial score (nSPS) is 15.8. The Morgan fingerprint density at radius 3 is 2.32 bits per heavy atom. The first kappa shape index (κ1) is 21.6. The lowest BCUT2D eigenvalue weighted by Crippen LogP contribution is -2.48. The zero-order chi connectivity index (χ0) is 22.3. The van der Waals surface area contributed by atoms with E-state index in [0.717, 1.165) is 11.9 Å². The maximum absolute atomic E-state index is 13.5. The fourth-order valence-electron chi connectivity index (χ4n) is 4.18. The number of aryl methyl sites for hydroxylation is 1. The molecule has 0 N–H and O–H groups in total. The lowest BCUT2D eigenvalue weighted by Gasteiger charge is -2.32. The van der Waals surface area contributed by atoms with Crippen LogP contribution in [0.25, 0.3) is 16.7 Å². The van der Waals surface area contributed by atoms with Gasteiger partial charge in [-0.1, -0.05) is 25.5 Å². The Balaban J connectivity index is 2.00. The van der Waals surface area contributed by atoms with Crippen LogP contribution in [-0.2, 0) is 16.9 Å². The molecule has 8 nitrogen and oxygen atoms in total. The zero-order valence-corrected chi connectivity index (χ0v) is 19.0. The number of fused-ring (bicyclic) bond motifs is 3. The molecule has 166 valence electrons. The molecule has 0 saturated carbocycles. The van der Waals surface area contributed by atoms with Crippen LogP contribution in [0.5, 0.6) is 0 Å². The van der Waals surface area contributed by atoms with Crippen molar-refractivity contribution in [3.8, 4) is 0 Å². The molecule has 1 saturated heterocycles. The standard InChI is InChI=1S/C22H28N4O4S/c1-4-5-14-31(29,30)19-15-16(21(27)25-12-10-23(2)11-13-25)22(28)26-18-9-7-6-8-17(18)24(3)20(19)26/h6-9,15H,4-5,10-14H2,1-3H3. The molecule has 0 radical (unpaired) electrons. The number of nitrogens with zero attached hydrogens (tertiary/aromatic N) is 4. The van der Waals surface area contributed by atoms with Crippen molar-refractivity contribution in [2.24, 2.45) is 7.05 Å². The molecule has 1 aromatic carbocycles. The number of unbranched alkanes of at least 4 members (excludes halogenated alkanes) is 1. The van der Waals surface area contributed by atoms with Crippen molar-refractivity contribution in [2.75, 3.05) is 39.0 Å². The van der Waals surface area contributed by atoms with Crippen molar-refractivity contribution < 1.29 is 13.2 Å². The summed E-state index contributed by atoms with van der Waals surface area (Å²) in [7, 11) is 0.0404. The Morgan fingerprint density at radius 1 is 1.03 bits per heavy atom. The quantitative estimate of drug-likeness (QED) is 0.599. The lowest BCUT2D eigenvalue weighted by atomic mass is 10.2. The predicted molar refractivity (Wildman–Crippen MR) is 121 cm³/mol. The second-order valence-electron chi connectivity index (χ2n) is 8.20. The van der Waals surface area contributed by atoms with Crippen LogP contribution in [-0.4, -0.2) is 72.1 Å². The molecule has 1 aliphatic rings. The van der Waals surface area contributed by atoms with Crippen molar-refractivity contribution in [3.05, 3.63) is 46.2 Å². The first-order chi connectivity index (χ1) is 14.8. The van der Waals surface area contributed by atoms with Gasteiger partial charge < -0.3 is 14.4 Å². The number of hydrogen-bond acceptors (Lipinski definition) is 5.